The summed E-state index contributed by atoms with van der Waals surface area (Å²) in [5.41, 5.74) is 5.68. The van der Waals surface area contributed by atoms with E-state index in [1.807, 2.05) is 20.8 Å². The van der Waals surface area contributed by atoms with Crippen molar-refractivity contribution in [3.05, 3.63) is 50.7 Å². The van der Waals surface area contributed by atoms with Gasteiger partial charge in [-0.2, -0.15) is 0 Å². The standard InChI is InChI=1S/C25H35N5O5/c1-4-5-12-30-21(26)20(23(32)28-25(30)34)29(13-11-16(2)3)24(33)17-8-6-9-18(15-17)27-22(31)19-10-7-14-35-19/h6,8-9,15-16,19H,4-5,7,10-14,26H2,1-3H3,(H,27,31)(H,28,32,34). The summed E-state index contributed by atoms with van der Waals surface area (Å²) in [6, 6.07) is 6.53. The number of benzene rings is 1. The maximum absolute atomic E-state index is 13.7. The number of unbranched alkanes of at least 4 members (excludes halogenated alkanes) is 1. The van der Waals surface area contributed by atoms with E-state index in [1.54, 1.807) is 24.3 Å². The number of aromatic nitrogens is 2. The molecule has 1 saturated heterocycles. The molecular weight excluding hydrogens is 450 g/mol. The lowest BCUT2D eigenvalue weighted by atomic mass is 10.1. The summed E-state index contributed by atoms with van der Waals surface area (Å²) in [7, 11) is 0. The van der Waals surface area contributed by atoms with E-state index in [0.29, 0.717) is 38.1 Å². The van der Waals surface area contributed by atoms with E-state index in [0.717, 1.165) is 12.8 Å². The lowest BCUT2D eigenvalue weighted by Crippen LogP contribution is -2.42. The molecule has 190 valence electrons. The zero-order valence-corrected chi connectivity index (χ0v) is 20.6. The molecule has 10 heteroatoms. The number of nitrogens with one attached hydrogen (secondary N) is 2. The van der Waals surface area contributed by atoms with Gasteiger partial charge in [-0.25, -0.2) is 4.79 Å². The first-order valence-electron chi connectivity index (χ1n) is 12.2. The van der Waals surface area contributed by atoms with Crippen molar-refractivity contribution in [1.82, 2.24) is 9.55 Å². The predicted octanol–water partition coefficient (Wildman–Crippen LogP) is 2.73. The van der Waals surface area contributed by atoms with E-state index < -0.39 is 23.3 Å². The van der Waals surface area contributed by atoms with E-state index >= 15 is 0 Å². The highest BCUT2D eigenvalue weighted by Gasteiger charge is 2.27. The van der Waals surface area contributed by atoms with Crippen LogP contribution in [0.3, 0.4) is 0 Å². The normalized spacial score (nSPS) is 15.4. The van der Waals surface area contributed by atoms with E-state index in [2.05, 4.69) is 10.3 Å². The second-order valence-corrected chi connectivity index (χ2v) is 9.21. The molecule has 1 aromatic heterocycles. The highest BCUT2D eigenvalue weighted by Crippen LogP contribution is 2.23. The highest BCUT2D eigenvalue weighted by molar-refractivity contribution is 6.08. The number of hydrogen-bond donors (Lipinski definition) is 3. The minimum atomic E-state index is -0.708. The zero-order valence-electron chi connectivity index (χ0n) is 20.6. The van der Waals surface area contributed by atoms with Crippen LogP contribution < -0.4 is 27.2 Å². The monoisotopic (exact) mass is 485 g/mol. The van der Waals surface area contributed by atoms with Gasteiger partial charge in [-0.1, -0.05) is 33.3 Å². The fraction of sp³-hybridized carbons (Fsp3) is 0.520. The third kappa shape index (κ3) is 6.39. The Kier molecular flexibility index (Phi) is 8.86. The van der Waals surface area contributed by atoms with Crippen LogP contribution in [0.15, 0.2) is 33.9 Å². The highest BCUT2D eigenvalue weighted by atomic mass is 16.5. The third-order valence-corrected chi connectivity index (χ3v) is 5.99. The maximum Gasteiger partial charge on any atom is 0.330 e. The Bertz CT molecular complexity index is 1160. The summed E-state index contributed by atoms with van der Waals surface area (Å²) in [5.74, 6) is -0.481. The maximum atomic E-state index is 13.7. The van der Waals surface area contributed by atoms with Gasteiger partial charge in [0.15, 0.2) is 5.69 Å². The number of H-pyrrole nitrogens is 1. The van der Waals surface area contributed by atoms with Gasteiger partial charge in [0.25, 0.3) is 17.4 Å². The first-order chi connectivity index (χ1) is 16.7. The Labute approximate surface area is 204 Å². The molecule has 10 nitrogen and oxygen atoms in total. The number of carbonyl (C=O) groups excluding carboxylic acids is 2. The van der Waals surface area contributed by atoms with Crippen molar-refractivity contribution < 1.29 is 14.3 Å². The van der Waals surface area contributed by atoms with Gasteiger partial charge in [0, 0.05) is 30.9 Å². The van der Waals surface area contributed by atoms with Crippen LogP contribution in [0.4, 0.5) is 17.2 Å². The third-order valence-electron chi connectivity index (χ3n) is 5.99. The number of carbonyl (C=O) groups is 2. The van der Waals surface area contributed by atoms with Crippen molar-refractivity contribution in [1.29, 1.82) is 0 Å². The van der Waals surface area contributed by atoms with Gasteiger partial charge >= 0.3 is 5.69 Å². The van der Waals surface area contributed by atoms with Crippen LogP contribution in [-0.2, 0) is 16.1 Å². The average Bonchev–Trinajstić information content (AvgIpc) is 3.36. The molecule has 1 aliphatic heterocycles. The van der Waals surface area contributed by atoms with Gasteiger partial charge in [0.1, 0.15) is 11.9 Å². The van der Waals surface area contributed by atoms with Crippen molar-refractivity contribution in [2.75, 3.05) is 29.1 Å². The summed E-state index contributed by atoms with van der Waals surface area (Å²) >= 11 is 0. The number of ether oxygens (including phenoxy) is 1. The van der Waals surface area contributed by atoms with Gasteiger partial charge in [0.2, 0.25) is 0 Å². The van der Waals surface area contributed by atoms with Crippen molar-refractivity contribution in [2.24, 2.45) is 5.92 Å². The van der Waals surface area contributed by atoms with Crippen molar-refractivity contribution in [3.8, 4) is 0 Å². The first-order valence-corrected chi connectivity index (χ1v) is 12.2. The summed E-state index contributed by atoms with van der Waals surface area (Å²) in [6.07, 6.45) is 3.14. The molecule has 0 aliphatic carbocycles. The average molecular weight is 486 g/mol. The Balaban J connectivity index is 1.96. The molecule has 0 radical (unpaired) electrons. The molecule has 1 fully saturated rings. The van der Waals surface area contributed by atoms with Crippen molar-refractivity contribution in [2.45, 2.75) is 65.5 Å². The van der Waals surface area contributed by atoms with Crippen molar-refractivity contribution in [3.63, 3.8) is 0 Å². The molecule has 0 bridgehead atoms. The van der Waals surface area contributed by atoms with E-state index in [1.165, 1.54) is 9.47 Å². The molecule has 1 unspecified atom stereocenters. The summed E-state index contributed by atoms with van der Waals surface area (Å²) in [4.78, 5) is 55.0. The van der Waals surface area contributed by atoms with E-state index in [-0.39, 0.29) is 35.4 Å². The van der Waals surface area contributed by atoms with E-state index in [9.17, 15) is 19.2 Å². The predicted molar refractivity (Wildman–Crippen MR) is 136 cm³/mol. The van der Waals surface area contributed by atoms with Gasteiger partial charge in [-0.3, -0.25) is 23.9 Å². The topological polar surface area (TPSA) is 140 Å². The Morgan fingerprint density at radius 2 is 2.09 bits per heavy atom. The minimum Gasteiger partial charge on any atom is -0.383 e. The Hall–Kier alpha value is -3.40. The van der Waals surface area contributed by atoms with Crippen LogP contribution in [0.2, 0.25) is 0 Å². The molecule has 0 saturated carbocycles. The van der Waals surface area contributed by atoms with Gasteiger partial charge in [0.05, 0.1) is 0 Å². The molecule has 4 N–H and O–H groups in total. The first kappa shape index (κ1) is 26.2. The smallest absolute Gasteiger partial charge is 0.330 e. The Morgan fingerprint density at radius 1 is 1.31 bits per heavy atom. The number of nitrogens with zero attached hydrogens (tertiary/aromatic N) is 2. The number of nitrogen functional groups attached to an aromatic ring is 1. The minimum absolute atomic E-state index is 0.0351. The lowest BCUT2D eigenvalue weighted by molar-refractivity contribution is -0.124. The second-order valence-electron chi connectivity index (χ2n) is 9.21. The SMILES string of the molecule is CCCCn1c(N)c(N(CCC(C)C)C(=O)c2cccc(NC(=O)C3CCCO3)c2)c(=O)[nH]c1=O. The second kappa shape index (κ2) is 11.8. The molecule has 1 aromatic carbocycles. The quantitative estimate of drug-likeness (QED) is 0.473. The van der Waals surface area contributed by atoms with E-state index in [4.69, 9.17) is 10.5 Å². The fourth-order valence-corrected chi connectivity index (χ4v) is 3.97. The van der Waals surface area contributed by atoms with Gasteiger partial charge < -0.3 is 20.7 Å². The van der Waals surface area contributed by atoms with Crippen LogP contribution in [0, 0.1) is 5.92 Å². The van der Waals surface area contributed by atoms with Crippen LogP contribution in [-0.4, -0.2) is 40.6 Å². The largest absolute Gasteiger partial charge is 0.383 e. The van der Waals surface area contributed by atoms with Crippen LogP contribution in [0.1, 0.15) is 63.2 Å². The lowest BCUT2D eigenvalue weighted by Gasteiger charge is -2.25. The summed E-state index contributed by atoms with van der Waals surface area (Å²) in [5, 5.41) is 2.80. The number of nitrogens with two attached hydrogens (primary N) is 1. The molecule has 2 aromatic rings. The molecule has 3 rings (SSSR count). The molecule has 1 aliphatic rings. The fourth-order valence-electron chi connectivity index (χ4n) is 3.97. The molecule has 1 atom stereocenters. The molecule has 35 heavy (non-hydrogen) atoms. The molecule has 0 spiro atoms. The molecule has 2 heterocycles. The number of amides is 2. The number of anilines is 3. The number of rotatable bonds is 10. The van der Waals surface area contributed by atoms with Gasteiger partial charge in [-0.15, -0.1) is 0 Å². The van der Waals surface area contributed by atoms with Crippen LogP contribution in [0.25, 0.3) is 0 Å². The zero-order chi connectivity index (χ0) is 25.5. The van der Waals surface area contributed by atoms with Crippen LogP contribution >= 0.6 is 0 Å². The molecule has 2 amide bonds. The number of hydrogen-bond acceptors (Lipinski definition) is 6. The summed E-state index contributed by atoms with van der Waals surface area (Å²) < 4.78 is 6.72. The van der Waals surface area contributed by atoms with Crippen molar-refractivity contribution >= 4 is 29.0 Å². The molecular formula is C25H35N5O5. The number of aromatic amines is 1. The summed E-state index contributed by atoms with van der Waals surface area (Å²) in [6.45, 7) is 7.14. The Morgan fingerprint density at radius 3 is 2.74 bits per heavy atom. The van der Waals surface area contributed by atoms with Gasteiger partial charge in [-0.05, 0) is 49.8 Å². The van der Waals surface area contributed by atoms with Crippen LogP contribution in [0.5, 0.6) is 0 Å².